The SMILES string of the molecule is NC(=O)c1ccc2c(c1)OCO2.O=C(Cl)c1ccc2c(c1)OCO2.O=C(NC(=O)c1ccc2c(c1)OCO2)Nc1cccc(Cl)c1. The van der Waals surface area contributed by atoms with Crippen LogP contribution in [0.3, 0.4) is 0 Å². The molecule has 0 unspecified atom stereocenters. The number of halogens is 2. The number of primary amides is 1. The molecule has 3 aliphatic rings. The van der Waals surface area contributed by atoms with Crippen molar-refractivity contribution in [3.05, 3.63) is 101 Å². The first-order valence-electron chi connectivity index (χ1n) is 13.2. The Morgan fingerprint density at radius 1 is 0.609 bits per heavy atom. The standard InChI is InChI=1S/C15H11ClN2O4.C8H5ClO3.C8H7NO3/c16-10-2-1-3-11(7-10)17-15(20)18-14(19)9-4-5-12-13(6-9)22-8-21-12;2*9-8(10)5-1-2-6-7(3-5)12-4-11-6/h1-7H,8H2,(H2,17,18,19,20);1-3H,4H2;1-3H,4H2,(H2,9,10). The maximum atomic E-state index is 12.0. The minimum atomic E-state index is -0.648. The van der Waals surface area contributed by atoms with Crippen molar-refractivity contribution in [1.29, 1.82) is 0 Å². The van der Waals surface area contributed by atoms with Crippen LogP contribution >= 0.6 is 23.2 Å². The molecule has 13 nitrogen and oxygen atoms in total. The van der Waals surface area contributed by atoms with Gasteiger partial charge < -0.3 is 39.5 Å². The Kier molecular flexibility index (Phi) is 9.95. The van der Waals surface area contributed by atoms with Gasteiger partial charge in [-0.15, -0.1) is 0 Å². The van der Waals surface area contributed by atoms with Crippen LogP contribution in [0.2, 0.25) is 5.02 Å². The topological polar surface area (TPSA) is 174 Å². The summed E-state index contributed by atoms with van der Waals surface area (Å²) >= 11 is 11.1. The third-order valence-electron chi connectivity index (χ3n) is 6.20. The number of imide groups is 1. The normalized spacial score (nSPS) is 12.5. The molecule has 0 saturated heterocycles. The predicted molar refractivity (Wildman–Crippen MR) is 164 cm³/mol. The third kappa shape index (κ3) is 8.08. The lowest BCUT2D eigenvalue weighted by molar-refractivity contribution is 0.0964. The largest absolute Gasteiger partial charge is 0.454 e. The van der Waals surface area contributed by atoms with E-state index < -0.39 is 23.1 Å². The molecular formula is C31H23Cl2N3O10. The van der Waals surface area contributed by atoms with Gasteiger partial charge in [-0.2, -0.15) is 0 Å². The number of amides is 4. The fourth-order valence-electron chi connectivity index (χ4n) is 4.01. The van der Waals surface area contributed by atoms with Gasteiger partial charge in [0.25, 0.3) is 11.1 Å². The van der Waals surface area contributed by atoms with Crippen LogP contribution in [-0.2, 0) is 0 Å². The molecule has 3 heterocycles. The number of hydrogen-bond donors (Lipinski definition) is 3. The van der Waals surface area contributed by atoms with E-state index in [4.69, 9.17) is 57.4 Å². The molecule has 0 aromatic heterocycles. The van der Waals surface area contributed by atoms with Crippen LogP contribution in [-0.4, -0.2) is 43.5 Å². The van der Waals surface area contributed by atoms with E-state index in [1.165, 1.54) is 6.07 Å². The summed E-state index contributed by atoms with van der Waals surface area (Å²) in [4.78, 5) is 45.3. The van der Waals surface area contributed by atoms with E-state index in [-0.39, 0.29) is 20.4 Å². The van der Waals surface area contributed by atoms with E-state index in [0.29, 0.717) is 61.9 Å². The maximum absolute atomic E-state index is 12.0. The van der Waals surface area contributed by atoms with Gasteiger partial charge in [0.2, 0.25) is 26.3 Å². The second-order valence-electron chi connectivity index (χ2n) is 9.26. The molecule has 0 fully saturated rings. The van der Waals surface area contributed by atoms with Crippen molar-refractivity contribution in [2.75, 3.05) is 25.7 Å². The van der Waals surface area contributed by atoms with Gasteiger partial charge in [0.05, 0.1) is 0 Å². The summed E-state index contributed by atoms with van der Waals surface area (Å²) in [6, 6.07) is 20.3. The van der Waals surface area contributed by atoms with Crippen LogP contribution in [0.4, 0.5) is 10.5 Å². The van der Waals surface area contributed by atoms with E-state index in [0.717, 1.165) is 0 Å². The first kappa shape index (κ1) is 31.8. The fourth-order valence-corrected chi connectivity index (χ4v) is 4.32. The van der Waals surface area contributed by atoms with Gasteiger partial charge in [-0.1, -0.05) is 17.7 Å². The Balaban J connectivity index is 0.000000147. The van der Waals surface area contributed by atoms with E-state index in [1.807, 2.05) is 0 Å². The summed E-state index contributed by atoms with van der Waals surface area (Å²) in [5.41, 5.74) is 6.71. The summed E-state index contributed by atoms with van der Waals surface area (Å²) in [5.74, 6) is 2.48. The minimum absolute atomic E-state index is 0.121. The Morgan fingerprint density at radius 3 is 1.61 bits per heavy atom. The van der Waals surface area contributed by atoms with E-state index in [1.54, 1.807) is 72.8 Å². The highest BCUT2D eigenvalue weighted by Crippen LogP contribution is 2.34. The second-order valence-corrected chi connectivity index (χ2v) is 10.0. The fraction of sp³-hybridized carbons (Fsp3) is 0.0968. The van der Waals surface area contributed by atoms with Crippen LogP contribution in [0.25, 0.3) is 0 Å². The maximum Gasteiger partial charge on any atom is 0.326 e. The summed E-state index contributed by atoms with van der Waals surface area (Å²) in [6.07, 6.45) is 0. The highest BCUT2D eigenvalue weighted by molar-refractivity contribution is 6.67. The number of ether oxygens (including phenoxy) is 6. The number of carbonyl (C=O) groups is 4. The van der Waals surface area contributed by atoms with Crippen LogP contribution < -0.4 is 44.8 Å². The number of urea groups is 1. The second kappa shape index (κ2) is 14.4. The molecule has 236 valence electrons. The zero-order chi connectivity index (χ0) is 32.6. The summed E-state index contributed by atoms with van der Waals surface area (Å²) < 4.78 is 30.6. The average molecular weight is 668 g/mol. The molecule has 0 radical (unpaired) electrons. The molecule has 15 heteroatoms. The number of hydrogen-bond acceptors (Lipinski definition) is 10. The van der Waals surface area contributed by atoms with E-state index >= 15 is 0 Å². The predicted octanol–water partition coefficient (Wildman–Crippen LogP) is 5.34. The molecule has 0 saturated carbocycles. The van der Waals surface area contributed by atoms with Gasteiger partial charge in [-0.3, -0.25) is 19.7 Å². The Labute approximate surface area is 271 Å². The molecule has 0 atom stereocenters. The summed E-state index contributed by atoms with van der Waals surface area (Å²) in [7, 11) is 0. The molecule has 4 N–H and O–H groups in total. The molecular weight excluding hydrogens is 645 g/mol. The Bertz CT molecular complexity index is 1750. The zero-order valence-corrected chi connectivity index (χ0v) is 25.1. The number of anilines is 1. The molecule has 0 aliphatic carbocycles. The van der Waals surface area contributed by atoms with Crippen molar-refractivity contribution < 1.29 is 47.6 Å². The molecule has 7 rings (SSSR count). The smallest absolute Gasteiger partial charge is 0.326 e. The highest BCUT2D eigenvalue weighted by Gasteiger charge is 2.18. The lowest BCUT2D eigenvalue weighted by Crippen LogP contribution is -2.34. The molecule has 4 amide bonds. The van der Waals surface area contributed by atoms with Gasteiger partial charge in [0.15, 0.2) is 34.5 Å². The number of nitrogens with one attached hydrogen (secondary N) is 2. The van der Waals surface area contributed by atoms with Crippen molar-refractivity contribution in [2.24, 2.45) is 5.73 Å². The van der Waals surface area contributed by atoms with Crippen LogP contribution in [0.1, 0.15) is 31.1 Å². The zero-order valence-electron chi connectivity index (χ0n) is 23.5. The van der Waals surface area contributed by atoms with Gasteiger partial charge in [-0.05, 0) is 84.4 Å². The molecule has 0 bridgehead atoms. The highest BCUT2D eigenvalue weighted by atomic mass is 35.5. The molecule has 46 heavy (non-hydrogen) atoms. The summed E-state index contributed by atoms with van der Waals surface area (Å²) in [5, 5.41) is 4.75. The third-order valence-corrected chi connectivity index (χ3v) is 6.65. The van der Waals surface area contributed by atoms with Crippen LogP contribution in [0, 0.1) is 0 Å². The van der Waals surface area contributed by atoms with Crippen LogP contribution in [0.15, 0.2) is 78.9 Å². The van der Waals surface area contributed by atoms with Crippen LogP contribution in [0.5, 0.6) is 34.5 Å². The number of rotatable bonds is 4. The van der Waals surface area contributed by atoms with Gasteiger partial charge in [0.1, 0.15) is 0 Å². The molecule has 4 aromatic rings. The lowest BCUT2D eigenvalue weighted by Gasteiger charge is -2.07. The first-order chi connectivity index (χ1) is 22.2. The van der Waals surface area contributed by atoms with E-state index in [9.17, 15) is 19.2 Å². The molecule has 4 aromatic carbocycles. The quantitative estimate of drug-likeness (QED) is 0.241. The summed E-state index contributed by atoms with van der Waals surface area (Å²) in [6.45, 7) is 0.530. The lowest BCUT2D eigenvalue weighted by atomic mass is 10.2. The van der Waals surface area contributed by atoms with Crippen molar-refractivity contribution >= 4 is 52.0 Å². The average Bonchev–Trinajstić information content (AvgIpc) is 3.81. The van der Waals surface area contributed by atoms with Gasteiger partial charge >= 0.3 is 6.03 Å². The Morgan fingerprint density at radius 2 is 1.09 bits per heavy atom. The Hall–Kier alpha value is -5.66. The number of fused-ring (bicyclic) bond motifs is 3. The van der Waals surface area contributed by atoms with Crippen molar-refractivity contribution in [3.8, 4) is 34.5 Å². The minimum Gasteiger partial charge on any atom is -0.454 e. The van der Waals surface area contributed by atoms with Gasteiger partial charge in [-0.25, -0.2) is 4.79 Å². The van der Waals surface area contributed by atoms with E-state index in [2.05, 4.69) is 10.6 Å². The van der Waals surface area contributed by atoms with Crippen molar-refractivity contribution in [2.45, 2.75) is 0 Å². The number of benzene rings is 4. The first-order valence-corrected chi connectivity index (χ1v) is 14.0. The van der Waals surface area contributed by atoms with Crippen molar-refractivity contribution in [1.82, 2.24) is 5.32 Å². The van der Waals surface area contributed by atoms with Crippen molar-refractivity contribution in [3.63, 3.8) is 0 Å². The molecule has 0 spiro atoms. The number of nitrogens with two attached hydrogens (primary N) is 1. The van der Waals surface area contributed by atoms with Gasteiger partial charge in [0, 0.05) is 27.4 Å². The monoisotopic (exact) mass is 667 g/mol. The number of carbonyl (C=O) groups excluding carboxylic acids is 4. The molecule has 3 aliphatic heterocycles.